The maximum Gasteiger partial charge on any atom is 0.138 e. The van der Waals surface area contributed by atoms with Crippen LogP contribution in [0.15, 0.2) is 36.4 Å². The van der Waals surface area contributed by atoms with Crippen molar-refractivity contribution in [3.05, 3.63) is 41.4 Å². The number of benzene rings is 1. The molecule has 0 bridgehead atoms. The lowest BCUT2D eigenvalue weighted by atomic mass is 10.1. The van der Waals surface area contributed by atoms with Crippen LogP contribution in [0.3, 0.4) is 0 Å². The molecule has 100 valence electrons. The van der Waals surface area contributed by atoms with Crippen molar-refractivity contribution in [3.8, 4) is 17.0 Å². The molecular formula is C14H16ClN3O. The van der Waals surface area contributed by atoms with Gasteiger partial charge >= 0.3 is 0 Å². The summed E-state index contributed by atoms with van der Waals surface area (Å²) in [4.78, 5) is 0. The average molecular weight is 278 g/mol. The summed E-state index contributed by atoms with van der Waals surface area (Å²) < 4.78 is 7.16. The first-order valence-corrected chi connectivity index (χ1v) is 6.22. The lowest BCUT2D eigenvalue weighted by Gasteiger charge is -2.08. The molecule has 2 aromatic rings. The third kappa shape index (κ3) is 3.09. The van der Waals surface area contributed by atoms with Crippen molar-refractivity contribution in [1.82, 2.24) is 9.78 Å². The molecule has 0 radical (unpaired) electrons. The molecule has 1 aromatic heterocycles. The summed E-state index contributed by atoms with van der Waals surface area (Å²) in [7, 11) is 1.80. The highest BCUT2D eigenvalue weighted by Crippen LogP contribution is 2.30. The molecule has 0 aliphatic rings. The second-order valence-electron chi connectivity index (χ2n) is 4.47. The molecule has 0 aliphatic heterocycles. The number of nitrogens with two attached hydrogens (primary N) is 1. The van der Waals surface area contributed by atoms with Gasteiger partial charge in [-0.1, -0.05) is 18.2 Å². The van der Waals surface area contributed by atoms with Crippen LogP contribution in [-0.4, -0.2) is 16.4 Å². The van der Waals surface area contributed by atoms with Gasteiger partial charge in [0.25, 0.3) is 0 Å². The third-order valence-electron chi connectivity index (χ3n) is 2.62. The van der Waals surface area contributed by atoms with Crippen molar-refractivity contribution in [1.29, 1.82) is 0 Å². The predicted octanol–water partition coefficient (Wildman–Crippen LogP) is 3.28. The summed E-state index contributed by atoms with van der Waals surface area (Å²) >= 11 is 6.19. The van der Waals surface area contributed by atoms with Crippen LogP contribution >= 0.6 is 11.6 Å². The van der Waals surface area contributed by atoms with E-state index in [-0.39, 0.29) is 0 Å². The number of ether oxygens (including phenoxy) is 1. The zero-order valence-electron chi connectivity index (χ0n) is 11.0. The lowest BCUT2D eigenvalue weighted by Crippen LogP contribution is -1.98. The number of aryl methyl sites for hydroxylation is 1. The molecule has 1 heterocycles. The van der Waals surface area contributed by atoms with Crippen molar-refractivity contribution in [2.45, 2.75) is 6.92 Å². The maximum atomic E-state index is 6.19. The zero-order chi connectivity index (χ0) is 14.0. The van der Waals surface area contributed by atoms with Gasteiger partial charge in [-0.2, -0.15) is 5.10 Å². The number of halogens is 1. The minimum absolute atomic E-state index is 0.454. The first-order chi connectivity index (χ1) is 8.97. The Morgan fingerprint density at radius 3 is 2.74 bits per heavy atom. The molecule has 0 aliphatic carbocycles. The van der Waals surface area contributed by atoms with Gasteiger partial charge in [-0.3, -0.25) is 4.68 Å². The van der Waals surface area contributed by atoms with Gasteiger partial charge in [0.05, 0.1) is 10.7 Å². The highest BCUT2D eigenvalue weighted by atomic mass is 35.5. The van der Waals surface area contributed by atoms with Crippen molar-refractivity contribution >= 4 is 17.4 Å². The van der Waals surface area contributed by atoms with E-state index in [0.717, 1.165) is 16.8 Å². The summed E-state index contributed by atoms with van der Waals surface area (Å²) in [6, 6.07) is 7.35. The minimum atomic E-state index is 0.454. The van der Waals surface area contributed by atoms with Crippen molar-refractivity contribution in [2.24, 2.45) is 7.05 Å². The molecule has 2 rings (SSSR count). The fourth-order valence-corrected chi connectivity index (χ4v) is 1.84. The molecule has 2 N–H and O–H groups in total. The van der Waals surface area contributed by atoms with E-state index in [1.165, 1.54) is 0 Å². The highest BCUT2D eigenvalue weighted by molar-refractivity contribution is 6.32. The lowest BCUT2D eigenvalue weighted by molar-refractivity contribution is 0.353. The Balaban J connectivity index is 2.25. The molecule has 0 saturated heterocycles. The number of anilines is 1. The second-order valence-corrected chi connectivity index (χ2v) is 4.88. The normalized spacial score (nSPS) is 10.5. The Morgan fingerprint density at radius 1 is 1.47 bits per heavy atom. The van der Waals surface area contributed by atoms with Gasteiger partial charge < -0.3 is 10.5 Å². The van der Waals surface area contributed by atoms with Crippen molar-refractivity contribution in [3.63, 3.8) is 0 Å². The highest BCUT2D eigenvalue weighted by Gasteiger charge is 2.08. The molecule has 5 heteroatoms. The van der Waals surface area contributed by atoms with Crippen LogP contribution in [0, 0.1) is 0 Å². The summed E-state index contributed by atoms with van der Waals surface area (Å²) in [5.41, 5.74) is 8.39. The number of aromatic nitrogens is 2. The third-order valence-corrected chi connectivity index (χ3v) is 2.91. The summed E-state index contributed by atoms with van der Waals surface area (Å²) in [6.45, 7) is 6.14. The van der Waals surface area contributed by atoms with Gasteiger partial charge in [-0.05, 0) is 30.7 Å². The van der Waals surface area contributed by atoms with Crippen LogP contribution in [0.1, 0.15) is 6.92 Å². The topological polar surface area (TPSA) is 53.1 Å². The van der Waals surface area contributed by atoms with E-state index in [9.17, 15) is 0 Å². The molecule has 1 aromatic carbocycles. The van der Waals surface area contributed by atoms with E-state index >= 15 is 0 Å². The summed E-state index contributed by atoms with van der Waals surface area (Å²) in [6.07, 6.45) is 0. The molecule has 4 nitrogen and oxygen atoms in total. The van der Waals surface area contributed by atoms with Crippen molar-refractivity contribution < 1.29 is 4.74 Å². The zero-order valence-corrected chi connectivity index (χ0v) is 11.7. The monoisotopic (exact) mass is 277 g/mol. The number of nitrogen functional groups attached to an aromatic ring is 1. The van der Waals surface area contributed by atoms with Crippen LogP contribution < -0.4 is 10.5 Å². The molecule has 0 fully saturated rings. The standard InChI is InChI=1S/C14H16ClN3O/c1-9(2)8-19-13-5-4-10(6-11(13)15)12-7-14(16)18(3)17-12/h4-7H,1,8,16H2,2-3H3. The first kappa shape index (κ1) is 13.5. The predicted molar refractivity (Wildman–Crippen MR) is 78.4 cm³/mol. The largest absolute Gasteiger partial charge is 0.488 e. The fourth-order valence-electron chi connectivity index (χ4n) is 1.60. The fraction of sp³-hybridized carbons (Fsp3) is 0.214. The molecule has 0 saturated carbocycles. The Bertz CT molecular complexity index is 600. The van der Waals surface area contributed by atoms with E-state index in [2.05, 4.69) is 11.7 Å². The van der Waals surface area contributed by atoms with E-state index in [0.29, 0.717) is 23.2 Å². The van der Waals surface area contributed by atoms with E-state index < -0.39 is 0 Å². The maximum absolute atomic E-state index is 6.19. The first-order valence-electron chi connectivity index (χ1n) is 5.84. The Hall–Kier alpha value is -1.94. The van der Waals surface area contributed by atoms with Gasteiger partial charge in [0, 0.05) is 18.7 Å². The van der Waals surface area contributed by atoms with E-state index in [1.54, 1.807) is 17.8 Å². The summed E-state index contributed by atoms with van der Waals surface area (Å²) in [5.74, 6) is 1.24. The van der Waals surface area contributed by atoms with Gasteiger partial charge in [0.2, 0.25) is 0 Å². The molecule has 0 unspecified atom stereocenters. The molecule has 0 atom stereocenters. The number of hydrogen-bond acceptors (Lipinski definition) is 3. The summed E-state index contributed by atoms with van der Waals surface area (Å²) in [5, 5.41) is 4.85. The molecule has 0 amide bonds. The Kier molecular flexibility index (Phi) is 3.81. The van der Waals surface area contributed by atoms with Gasteiger partial charge in [0.1, 0.15) is 18.2 Å². The Labute approximate surface area is 117 Å². The SMILES string of the molecule is C=C(C)COc1ccc(-c2cc(N)n(C)n2)cc1Cl. The molecule has 19 heavy (non-hydrogen) atoms. The van der Waals surface area contributed by atoms with Crippen LogP contribution in [0.5, 0.6) is 5.75 Å². The van der Waals surface area contributed by atoms with Crippen LogP contribution in [0.25, 0.3) is 11.3 Å². The van der Waals surface area contributed by atoms with Crippen LogP contribution in [-0.2, 0) is 7.05 Å². The van der Waals surface area contributed by atoms with Gasteiger partial charge in [0.15, 0.2) is 0 Å². The number of hydrogen-bond donors (Lipinski definition) is 1. The van der Waals surface area contributed by atoms with E-state index in [1.807, 2.05) is 25.1 Å². The van der Waals surface area contributed by atoms with Crippen molar-refractivity contribution in [2.75, 3.05) is 12.3 Å². The number of rotatable bonds is 4. The molecular weight excluding hydrogens is 262 g/mol. The van der Waals surface area contributed by atoms with Gasteiger partial charge in [-0.15, -0.1) is 0 Å². The van der Waals surface area contributed by atoms with Crippen LogP contribution in [0.2, 0.25) is 5.02 Å². The average Bonchev–Trinajstić information content (AvgIpc) is 2.68. The number of nitrogens with zero attached hydrogens (tertiary/aromatic N) is 2. The van der Waals surface area contributed by atoms with Gasteiger partial charge in [-0.25, -0.2) is 0 Å². The Morgan fingerprint density at radius 2 is 2.21 bits per heavy atom. The van der Waals surface area contributed by atoms with Crippen LogP contribution in [0.4, 0.5) is 5.82 Å². The van der Waals surface area contributed by atoms with E-state index in [4.69, 9.17) is 22.1 Å². The quantitative estimate of drug-likeness (QED) is 0.873. The minimum Gasteiger partial charge on any atom is -0.488 e. The molecule has 0 spiro atoms. The second kappa shape index (κ2) is 5.36. The smallest absolute Gasteiger partial charge is 0.138 e.